The Kier molecular flexibility index (Phi) is 4.65. The number of carbonyl (C=O) groups excluding carboxylic acids is 1. The van der Waals surface area contributed by atoms with E-state index in [-0.39, 0.29) is 11.9 Å². The maximum Gasteiger partial charge on any atom is 0.247 e. The third kappa shape index (κ3) is 4.13. The fraction of sp³-hybridized carbons (Fsp3) is 0.350. The predicted molar refractivity (Wildman–Crippen MR) is 94.5 cm³/mol. The summed E-state index contributed by atoms with van der Waals surface area (Å²) in [6, 6.07) is 18.2. The quantitative estimate of drug-likeness (QED) is 0.838. The van der Waals surface area contributed by atoms with E-state index in [9.17, 15) is 4.79 Å². The topological polar surface area (TPSA) is 41.1 Å². The first kappa shape index (κ1) is 15.6. The molecule has 0 heterocycles. The van der Waals surface area contributed by atoms with Gasteiger partial charge in [-0.1, -0.05) is 56.3 Å². The van der Waals surface area contributed by atoms with Crippen molar-refractivity contribution >= 4 is 11.6 Å². The summed E-state index contributed by atoms with van der Waals surface area (Å²) in [7, 11) is 0. The summed E-state index contributed by atoms with van der Waals surface area (Å²) >= 11 is 0. The molecule has 2 aromatic rings. The van der Waals surface area contributed by atoms with E-state index in [1.165, 1.54) is 5.56 Å². The van der Waals surface area contributed by atoms with Crippen LogP contribution < -0.4 is 10.6 Å². The number of anilines is 1. The molecule has 0 unspecified atom stereocenters. The minimum absolute atomic E-state index is 0.0478. The van der Waals surface area contributed by atoms with Gasteiger partial charge >= 0.3 is 0 Å². The molecule has 0 aliphatic heterocycles. The number of nitrogens with one attached hydrogen (secondary N) is 2. The smallest absolute Gasteiger partial charge is 0.247 e. The molecule has 1 aliphatic carbocycles. The summed E-state index contributed by atoms with van der Waals surface area (Å²) in [4.78, 5) is 12.6. The Labute approximate surface area is 138 Å². The second-order valence-electron chi connectivity index (χ2n) is 6.55. The van der Waals surface area contributed by atoms with Crippen molar-refractivity contribution < 1.29 is 4.79 Å². The van der Waals surface area contributed by atoms with Gasteiger partial charge in [0.05, 0.1) is 0 Å². The van der Waals surface area contributed by atoms with E-state index in [1.807, 2.05) is 30.3 Å². The Morgan fingerprint density at radius 2 is 1.61 bits per heavy atom. The van der Waals surface area contributed by atoms with E-state index in [4.69, 9.17) is 0 Å². The Morgan fingerprint density at radius 1 is 0.957 bits per heavy atom. The van der Waals surface area contributed by atoms with Gasteiger partial charge in [0.15, 0.2) is 0 Å². The lowest BCUT2D eigenvalue weighted by atomic mass is 10.0. The molecule has 1 saturated carbocycles. The van der Waals surface area contributed by atoms with E-state index in [2.05, 4.69) is 48.7 Å². The van der Waals surface area contributed by atoms with Gasteiger partial charge in [-0.05, 0) is 42.0 Å². The highest BCUT2D eigenvalue weighted by Crippen LogP contribution is 2.25. The second-order valence-corrected chi connectivity index (χ2v) is 6.55. The number of carbonyl (C=O) groups is 1. The highest BCUT2D eigenvalue weighted by molar-refractivity contribution is 5.86. The summed E-state index contributed by atoms with van der Waals surface area (Å²) in [6.07, 6.45) is 2.19. The van der Waals surface area contributed by atoms with Crippen LogP contribution in [0.25, 0.3) is 0 Å². The van der Waals surface area contributed by atoms with Crippen LogP contribution in [0.15, 0.2) is 54.6 Å². The molecule has 0 spiro atoms. The van der Waals surface area contributed by atoms with Crippen molar-refractivity contribution in [2.24, 2.45) is 0 Å². The summed E-state index contributed by atoms with van der Waals surface area (Å²) in [6.45, 7) is 4.36. The van der Waals surface area contributed by atoms with Gasteiger partial charge in [-0.2, -0.15) is 0 Å². The molecule has 3 nitrogen and oxygen atoms in total. The molecule has 3 rings (SSSR count). The Morgan fingerprint density at radius 3 is 2.17 bits per heavy atom. The molecule has 120 valence electrons. The molecule has 23 heavy (non-hydrogen) atoms. The van der Waals surface area contributed by atoms with Crippen LogP contribution in [0, 0.1) is 0 Å². The average Bonchev–Trinajstić information content (AvgIpc) is 3.37. The second kappa shape index (κ2) is 6.86. The first-order chi connectivity index (χ1) is 11.1. The number of hydrogen-bond acceptors (Lipinski definition) is 2. The third-order valence-corrected chi connectivity index (χ3v) is 4.21. The van der Waals surface area contributed by atoms with Gasteiger partial charge in [-0.3, -0.25) is 4.79 Å². The molecule has 1 fully saturated rings. The Hall–Kier alpha value is -2.29. The van der Waals surface area contributed by atoms with Crippen LogP contribution in [-0.4, -0.2) is 11.9 Å². The van der Waals surface area contributed by atoms with Crippen molar-refractivity contribution in [2.75, 3.05) is 5.32 Å². The molecule has 1 atom stereocenters. The van der Waals surface area contributed by atoms with Gasteiger partial charge in [0.1, 0.15) is 6.04 Å². The van der Waals surface area contributed by atoms with Crippen molar-refractivity contribution in [1.82, 2.24) is 5.32 Å². The molecule has 0 bridgehead atoms. The van der Waals surface area contributed by atoms with Gasteiger partial charge in [0.25, 0.3) is 0 Å². The van der Waals surface area contributed by atoms with Gasteiger partial charge in [0.2, 0.25) is 5.91 Å². The van der Waals surface area contributed by atoms with Crippen LogP contribution in [0.1, 0.15) is 49.8 Å². The van der Waals surface area contributed by atoms with Crippen molar-refractivity contribution in [2.45, 2.75) is 44.7 Å². The number of rotatable bonds is 6. The van der Waals surface area contributed by atoms with Crippen LogP contribution in [0.5, 0.6) is 0 Å². The summed E-state index contributed by atoms with van der Waals surface area (Å²) in [5.74, 6) is 0.554. The van der Waals surface area contributed by atoms with Gasteiger partial charge in [-0.15, -0.1) is 0 Å². The molecular weight excluding hydrogens is 284 g/mol. The van der Waals surface area contributed by atoms with Gasteiger partial charge in [-0.25, -0.2) is 0 Å². The van der Waals surface area contributed by atoms with Gasteiger partial charge < -0.3 is 10.6 Å². The lowest BCUT2D eigenvalue weighted by Crippen LogP contribution is -2.34. The van der Waals surface area contributed by atoms with Crippen LogP contribution >= 0.6 is 0 Å². The first-order valence-electron chi connectivity index (χ1n) is 8.35. The van der Waals surface area contributed by atoms with Crippen LogP contribution in [0.2, 0.25) is 0 Å². The molecule has 1 amide bonds. The SMILES string of the molecule is CC(C)c1ccc(N[C@H](C(=O)NC2CC2)c2ccccc2)cc1. The van der Waals surface area contributed by atoms with E-state index >= 15 is 0 Å². The van der Waals surface area contributed by atoms with Crippen molar-refractivity contribution in [3.8, 4) is 0 Å². The molecule has 2 aromatic carbocycles. The molecule has 0 aromatic heterocycles. The summed E-state index contributed by atoms with van der Waals surface area (Å²) < 4.78 is 0. The highest BCUT2D eigenvalue weighted by atomic mass is 16.2. The fourth-order valence-corrected chi connectivity index (χ4v) is 2.59. The standard InChI is InChI=1S/C20H24N2O/c1-14(2)15-8-10-17(11-9-15)21-19(16-6-4-3-5-7-16)20(23)22-18-12-13-18/h3-11,14,18-19,21H,12-13H2,1-2H3,(H,22,23)/t19-/m0/s1. The summed E-state index contributed by atoms with van der Waals surface area (Å²) in [5.41, 5.74) is 3.25. The third-order valence-electron chi connectivity index (χ3n) is 4.21. The first-order valence-corrected chi connectivity index (χ1v) is 8.35. The maximum absolute atomic E-state index is 12.6. The molecule has 0 radical (unpaired) electrons. The molecule has 2 N–H and O–H groups in total. The predicted octanol–water partition coefficient (Wildman–Crippen LogP) is 4.24. The molecular formula is C20H24N2O. The Balaban J connectivity index is 1.78. The zero-order valence-electron chi connectivity index (χ0n) is 13.8. The molecule has 0 saturated heterocycles. The zero-order chi connectivity index (χ0) is 16.2. The minimum Gasteiger partial charge on any atom is -0.370 e. The van der Waals surface area contributed by atoms with E-state index in [1.54, 1.807) is 0 Å². The van der Waals surface area contributed by atoms with E-state index < -0.39 is 0 Å². The Bertz CT molecular complexity index is 645. The van der Waals surface area contributed by atoms with Crippen molar-refractivity contribution in [3.63, 3.8) is 0 Å². The largest absolute Gasteiger partial charge is 0.370 e. The van der Waals surface area contributed by atoms with Crippen molar-refractivity contribution in [1.29, 1.82) is 0 Å². The zero-order valence-corrected chi connectivity index (χ0v) is 13.8. The molecule has 1 aliphatic rings. The van der Waals surface area contributed by atoms with E-state index in [0.717, 1.165) is 24.1 Å². The van der Waals surface area contributed by atoms with Crippen LogP contribution in [0.3, 0.4) is 0 Å². The number of amides is 1. The lowest BCUT2D eigenvalue weighted by Gasteiger charge is -2.20. The van der Waals surface area contributed by atoms with E-state index in [0.29, 0.717) is 12.0 Å². The average molecular weight is 308 g/mol. The van der Waals surface area contributed by atoms with Crippen LogP contribution in [0.4, 0.5) is 5.69 Å². The number of benzene rings is 2. The molecule has 3 heteroatoms. The number of hydrogen-bond donors (Lipinski definition) is 2. The van der Waals surface area contributed by atoms with Crippen LogP contribution in [-0.2, 0) is 4.79 Å². The monoisotopic (exact) mass is 308 g/mol. The normalized spacial score (nSPS) is 15.3. The minimum atomic E-state index is -0.360. The fourth-order valence-electron chi connectivity index (χ4n) is 2.59. The van der Waals surface area contributed by atoms with Gasteiger partial charge in [0, 0.05) is 11.7 Å². The lowest BCUT2D eigenvalue weighted by molar-refractivity contribution is -0.122. The summed E-state index contributed by atoms with van der Waals surface area (Å²) in [5, 5.41) is 6.48. The maximum atomic E-state index is 12.6. The van der Waals surface area contributed by atoms with Crippen molar-refractivity contribution in [3.05, 3.63) is 65.7 Å². The highest BCUT2D eigenvalue weighted by Gasteiger charge is 2.28.